The lowest BCUT2D eigenvalue weighted by Crippen LogP contribution is -2.53. The maximum absolute atomic E-state index is 13.9. The monoisotopic (exact) mass is 693 g/mol. The molecule has 0 bridgehead atoms. The van der Waals surface area contributed by atoms with Gasteiger partial charge in [0.15, 0.2) is 0 Å². The molecule has 0 spiro atoms. The molecule has 2 fully saturated rings. The minimum Gasteiger partial charge on any atom is -0.508 e. The van der Waals surface area contributed by atoms with E-state index in [0.29, 0.717) is 42.2 Å². The van der Waals surface area contributed by atoms with Crippen LogP contribution in [0.1, 0.15) is 47.3 Å². The quantitative estimate of drug-likeness (QED) is 0.335. The van der Waals surface area contributed by atoms with Crippen LogP contribution in [0, 0.1) is 8.99 Å². The molecule has 2 N–H and O–H groups in total. The van der Waals surface area contributed by atoms with E-state index in [4.69, 9.17) is 9.72 Å². The van der Waals surface area contributed by atoms with Gasteiger partial charge in [-0.2, -0.15) is 9.97 Å². The van der Waals surface area contributed by atoms with Gasteiger partial charge in [-0.3, -0.25) is 4.79 Å². The highest BCUT2D eigenvalue weighted by atomic mass is 127. The molecule has 1 aliphatic carbocycles. The van der Waals surface area contributed by atoms with Gasteiger partial charge in [0.1, 0.15) is 17.2 Å². The maximum atomic E-state index is 13.9. The predicted molar refractivity (Wildman–Crippen MR) is 162 cm³/mol. The van der Waals surface area contributed by atoms with Crippen molar-refractivity contribution in [1.82, 2.24) is 19.8 Å². The standard InChI is InChI=1S/C30H34F2IN5O4/c1-36(2)15-29(8-9-29)17-42-28-34-23-14-38(26(40)20-12-19(39)11-18-5-3-6-22(33)24(18)20)13-21(23)25(35-28)37-10-4-7-30(41,16-37)27(31)32/h3,5-6,11-12,27,39,41H,4,7-10,13-17H2,1-2H3. The third-order valence-electron chi connectivity index (χ3n) is 8.49. The number of alkyl halides is 2. The van der Waals surface area contributed by atoms with Crippen LogP contribution in [-0.2, 0) is 13.1 Å². The zero-order valence-corrected chi connectivity index (χ0v) is 25.8. The van der Waals surface area contributed by atoms with Gasteiger partial charge in [-0.15, -0.1) is 0 Å². The first-order valence-corrected chi connectivity index (χ1v) is 15.2. The van der Waals surface area contributed by atoms with Crippen molar-refractivity contribution in [2.24, 2.45) is 5.41 Å². The molecule has 1 amide bonds. The molecule has 6 rings (SSSR count). The molecule has 12 heteroatoms. The number of phenols is 1. The van der Waals surface area contributed by atoms with Crippen LogP contribution in [0.4, 0.5) is 14.6 Å². The number of nitrogens with zero attached hydrogens (tertiary/aromatic N) is 5. The second-order valence-electron chi connectivity index (χ2n) is 12.2. The summed E-state index contributed by atoms with van der Waals surface area (Å²) >= 11 is 2.18. The molecule has 1 aromatic heterocycles. The zero-order valence-electron chi connectivity index (χ0n) is 23.6. The van der Waals surface area contributed by atoms with Gasteiger partial charge in [0.2, 0.25) is 0 Å². The Balaban J connectivity index is 1.34. The molecule has 3 aliphatic rings. The average molecular weight is 694 g/mol. The van der Waals surface area contributed by atoms with E-state index in [0.717, 1.165) is 33.7 Å². The van der Waals surface area contributed by atoms with Gasteiger partial charge >= 0.3 is 6.01 Å². The van der Waals surface area contributed by atoms with E-state index in [1.807, 2.05) is 32.3 Å². The van der Waals surface area contributed by atoms with E-state index in [1.165, 1.54) is 6.07 Å². The summed E-state index contributed by atoms with van der Waals surface area (Å²) in [7, 11) is 4.04. The third kappa shape index (κ3) is 5.60. The van der Waals surface area contributed by atoms with Gasteiger partial charge in [0.05, 0.1) is 37.5 Å². The van der Waals surface area contributed by atoms with Crippen molar-refractivity contribution in [3.05, 3.63) is 50.7 Å². The van der Waals surface area contributed by atoms with Gasteiger partial charge in [0.25, 0.3) is 12.3 Å². The molecule has 1 unspecified atom stereocenters. The first-order valence-electron chi connectivity index (χ1n) is 14.1. The Labute approximate surface area is 256 Å². The van der Waals surface area contributed by atoms with Crippen molar-refractivity contribution in [2.45, 2.75) is 50.8 Å². The number of piperidine rings is 1. The molecule has 42 heavy (non-hydrogen) atoms. The fourth-order valence-corrected chi connectivity index (χ4v) is 7.04. The normalized spacial score (nSPS) is 21.3. The fraction of sp³-hybridized carbons (Fsp3) is 0.500. The second-order valence-corrected chi connectivity index (χ2v) is 13.4. The number of halogens is 3. The molecule has 0 radical (unpaired) electrons. The predicted octanol–water partition coefficient (Wildman–Crippen LogP) is 4.41. The summed E-state index contributed by atoms with van der Waals surface area (Å²) in [5.41, 5.74) is -0.499. The van der Waals surface area contributed by atoms with Crippen LogP contribution in [0.15, 0.2) is 30.3 Å². The summed E-state index contributed by atoms with van der Waals surface area (Å²) in [5.74, 6) is 0.126. The number of β-amino-alcohol motifs (C(OH)–C–C–N with tert-alkyl or cyclic N) is 1. The number of phenolic OH excluding ortho intramolecular Hbond substituents is 1. The Kier molecular flexibility index (Phi) is 7.67. The summed E-state index contributed by atoms with van der Waals surface area (Å²) in [5, 5.41) is 22.6. The number of aromatic hydroxyl groups is 1. The van der Waals surface area contributed by atoms with Gasteiger partial charge in [-0.05, 0) is 86.0 Å². The summed E-state index contributed by atoms with van der Waals surface area (Å²) < 4.78 is 34.7. The number of anilines is 1. The third-order valence-corrected chi connectivity index (χ3v) is 9.39. The Hall–Kier alpha value is -2.84. The Bertz CT molecular complexity index is 1540. The smallest absolute Gasteiger partial charge is 0.318 e. The van der Waals surface area contributed by atoms with E-state index in [2.05, 4.69) is 32.5 Å². The lowest BCUT2D eigenvalue weighted by molar-refractivity contribution is -0.102. The summed E-state index contributed by atoms with van der Waals surface area (Å²) in [6.45, 7) is 1.81. The Morgan fingerprint density at radius 3 is 2.69 bits per heavy atom. The number of amides is 1. The van der Waals surface area contributed by atoms with Gasteiger partial charge in [-0.1, -0.05) is 12.1 Å². The lowest BCUT2D eigenvalue weighted by atomic mass is 9.93. The number of ether oxygens (including phenoxy) is 1. The Morgan fingerprint density at radius 1 is 1.19 bits per heavy atom. The van der Waals surface area contributed by atoms with Crippen molar-refractivity contribution >= 4 is 45.1 Å². The van der Waals surface area contributed by atoms with Crippen LogP contribution in [0.5, 0.6) is 11.8 Å². The molecule has 3 heterocycles. The van der Waals surface area contributed by atoms with E-state index in [-0.39, 0.29) is 49.1 Å². The number of aromatic nitrogens is 2. The molecular weight excluding hydrogens is 659 g/mol. The topological polar surface area (TPSA) is 102 Å². The number of carbonyl (C=O) groups excluding carboxylic acids is 1. The second kappa shape index (κ2) is 11.0. The number of fused-ring (bicyclic) bond motifs is 2. The number of aliphatic hydroxyl groups is 1. The largest absolute Gasteiger partial charge is 0.508 e. The highest BCUT2D eigenvalue weighted by Gasteiger charge is 2.45. The first kappa shape index (κ1) is 29.2. The number of hydrogen-bond donors (Lipinski definition) is 2. The summed E-state index contributed by atoms with van der Waals surface area (Å²) in [6, 6.07) is 8.88. The molecule has 1 atom stereocenters. The molecule has 9 nitrogen and oxygen atoms in total. The van der Waals surface area contributed by atoms with Crippen molar-refractivity contribution in [3.63, 3.8) is 0 Å². The van der Waals surface area contributed by atoms with Crippen LogP contribution in [0.3, 0.4) is 0 Å². The molecule has 3 aromatic rings. The molecule has 2 aliphatic heterocycles. The van der Waals surface area contributed by atoms with Crippen molar-refractivity contribution in [2.75, 3.05) is 45.2 Å². The van der Waals surface area contributed by atoms with Crippen LogP contribution >= 0.6 is 22.6 Å². The van der Waals surface area contributed by atoms with Crippen molar-refractivity contribution in [1.29, 1.82) is 0 Å². The van der Waals surface area contributed by atoms with Crippen LogP contribution in [0.25, 0.3) is 10.8 Å². The molecule has 1 saturated carbocycles. The van der Waals surface area contributed by atoms with Crippen LogP contribution < -0.4 is 9.64 Å². The van der Waals surface area contributed by atoms with Crippen molar-refractivity contribution < 1.29 is 28.5 Å². The van der Waals surface area contributed by atoms with Crippen molar-refractivity contribution in [3.8, 4) is 11.8 Å². The highest BCUT2D eigenvalue weighted by Crippen LogP contribution is 2.46. The number of rotatable bonds is 8. The first-order chi connectivity index (χ1) is 20.0. The minimum atomic E-state index is -2.90. The number of hydrogen-bond acceptors (Lipinski definition) is 8. The lowest BCUT2D eigenvalue weighted by Gasteiger charge is -2.39. The SMILES string of the molecule is CN(C)CC1(COc2nc3c(c(N4CCCC(O)(C(F)F)C4)n2)CN(C(=O)c2cc(O)cc4cccc(I)c24)C3)CC1. The Morgan fingerprint density at radius 2 is 1.98 bits per heavy atom. The highest BCUT2D eigenvalue weighted by molar-refractivity contribution is 14.1. The van der Waals surface area contributed by atoms with E-state index < -0.39 is 12.0 Å². The number of carbonyl (C=O) groups is 1. The van der Waals surface area contributed by atoms with Crippen LogP contribution in [-0.4, -0.2) is 88.3 Å². The summed E-state index contributed by atoms with van der Waals surface area (Å²) in [4.78, 5) is 28.7. The van der Waals surface area contributed by atoms with Gasteiger partial charge in [-0.25, -0.2) is 8.78 Å². The van der Waals surface area contributed by atoms with E-state index in [1.54, 1.807) is 15.9 Å². The molecule has 1 saturated heterocycles. The number of benzene rings is 2. The fourth-order valence-electron chi connectivity index (χ4n) is 6.23. The minimum absolute atomic E-state index is 0.00132. The van der Waals surface area contributed by atoms with E-state index in [9.17, 15) is 23.8 Å². The maximum Gasteiger partial charge on any atom is 0.318 e. The van der Waals surface area contributed by atoms with Gasteiger partial charge < -0.3 is 29.6 Å². The average Bonchev–Trinajstić information content (AvgIpc) is 3.55. The summed E-state index contributed by atoms with van der Waals surface area (Å²) in [6.07, 6.45) is -0.451. The molecular formula is C30H34F2IN5O4. The van der Waals surface area contributed by atoms with Gasteiger partial charge in [0, 0.05) is 33.0 Å². The zero-order chi connectivity index (χ0) is 29.8. The van der Waals surface area contributed by atoms with E-state index >= 15 is 0 Å². The molecule has 2 aromatic carbocycles. The molecule has 224 valence electrons. The van der Waals surface area contributed by atoms with Crippen LogP contribution in [0.2, 0.25) is 0 Å².